The van der Waals surface area contributed by atoms with Crippen LogP contribution in [0.15, 0.2) is 36.4 Å². The highest BCUT2D eigenvalue weighted by Crippen LogP contribution is 2.33. The molecule has 0 aliphatic heterocycles. The quantitative estimate of drug-likeness (QED) is 0.568. The maximum atomic E-state index is 12.7. The second-order valence-corrected chi connectivity index (χ2v) is 6.19. The molecule has 10 heteroatoms. The number of carbonyl (C=O) groups excluding carboxylic acids is 2. The Morgan fingerprint density at radius 2 is 1.71 bits per heavy atom. The zero-order valence-corrected chi connectivity index (χ0v) is 17.4. The van der Waals surface area contributed by atoms with Crippen LogP contribution in [-0.2, 0) is 9.53 Å². The highest BCUT2D eigenvalue weighted by Gasteiger charge is 2.23. The molecule has 0 bridgehead atoms. The Hall–Kier alpha value is -3.56. The predicted octanol–water partition coefficient (Wildman–Crippen LogP) is 3.35. The van der Waals surface area contributed by atoms with Crippen LogP contribution in [-0.4, -0.2) is 46.4 Å². The Bertz CT molecular complexity index is 921. The molecule has 0 saturated heterocycles. The van der Waals surface area contributed by atoms with Crippen molar-refractivity contribution >= 4 is 11.9 Å². The normalized spacial score (nSPS) is 11.5. The first-order valence-corrected chi connectivity index (χ1v) is 9.10. The highest BCUT2D eigenvalue weighted by atomic mass is 19.3. The Morgan fingerprint density at radius 1 is 1.00 bits per heavy atom. The lowest BCUT2D eigenvalue weighted by Gasteiger charge is -2.18. The average molecular weight is 439 g/mol. The lowest BCUT2D eigenvalue weighted by atomic mass is 10.1. The zero-order valence-electron chi connectivity index (χ0n) is 17.4. The van der Waals surface area contributed by atoms with E-state index in [1.165, 1.54) is 39.5 Å². The molecule has 0 radical (unpaired) electrons. The summed E-state index contributed by atoms with van der Waals surface area (Å²) >= 11 is 0. The minimum atomic E-state index is -3.18. The molecule has 1 N–H and O–H groups in total. The summed E-state index contributed by atoms with van der Waals surface area (Å²) in [7, 11) is 4.25. The van der Waals surface area contributed by atoms with Gasteiger partial charge in [-0.15, -0.1) is 0 Å². The first-order chi connectivity index (χ1) is 14.8. The van der Waals surface area contributed by atoms with Gasteiger partial charge in [0, 0.05) is 5.56 Å². The SMILES string of the molecule is COc1ccc(OC)c(C(C)NC(=O)COC(=O)c2cccc(OC)c2OC(F)F)c1. The van der Waals surface area contributed by atoms with Gasteiger partial charge in [0.2, 0.25) is 0 Å². The van der Waals surface area contributed by atoms with E-state index in [0.29, 0.717) is 17.1 Å². The van der Waals surface area contributed by atoms with Gasteiger partial charge in [-0.1, -0.05) is 6.07 Å². The molecule has 0 saturated carbocycles. The number of carbonyl (C=O) groups is 2. The molecule has 0 heterocycles. The summed E-state index contributed by atoms with van der Waals surface area (Å²) in [6, 6.07) is 8.61. The first-order valence-electron chi connectivity index (χ1n) is 9.10. The fourth-order valence-electron chi connectivity index (χ4n) is 2.80. The van der Waals surface area contributed by atoms with Gasteiger partial charge in [0.1, 0.15) is 17.1 Å². The number of nitrogens with one attached hydrogen (secondary N) is 1. The third-order valence-corrected chi connectivity index (χ3v) is 4.24. The second kappa shape index (κ2) is 11.0. The van der Waals surface area contributed by atoms with E-state index in [2.05, 4.69) is 10.1 Å². The van der Waals surface area contributed by atoms with E-state index in [1.807, 2.05) is 0 Å². The topological polar surface area (TPSA) is 92.3 Å². The zero-order chi connectivity index (χ0) is 23.0. The van der Waals surface area contributed by atoms with Gasteiger partial charge in [0.15, 0.2) is 18.1 Å². The number of halogens is 2. The maximum Gasteiger partial charge on any atom is 0.387 e. The minimum Gasteiger partial charge on any atom is -0.497 e. The Balaban J connectivity index is 2.06. The van der Waals surface area contributed by atoms with Crippen LogP contribution in [0, 0.1) is 0 Å². The van der Waals surface area contributed by atoms with Crippen LogP contribution in [0.2, 0.25) is 0 Å². The van der Waals surface area contributed by atoms with Crippen molar-refractivity contribution in [1.82, 2.24) is 5.32 Å². The van der Waals surface area contributed by atoms with Gasteiger partial charge in [-0.05, 0) is 37.3 Å². The number of rotatable bonds is 10. The van der Waals surface area contributed by atoms with E-state index >= 15 is 0 Å². The van der Waals surface area contributed by atoms with Gasteiger partial charge in [-0.2, -0.15) is 8.78 Å². The molecule has 0 fully saturated rings. The first kappa shape index (κ1) is 23.7. The van der Waals surface area contributed by atoms with Gasteiger partial charge in [0.25, 0.3) is 5.91 Å². The number of para-hydroxylation sites is 1. The van der Waals surface area contributed by atoms with Crippen LogP contribution in [0.25, 0.3) is 0 Å². The van der Waals surface area contributed by atoms with Crippen LogP contribution in [0.1, 0.15) is 28.9 Å². The van der Waals surface area contributed by atoms with E-state index in [-0.39, 0.29) is 11.3 Å². The van der Waals surface area contributed by atoms with E-state index in [9.17, 15) is 18.4 Å². The van der Waals surface area contributed by atoms with Gasteiger partial charge >= 0.3 is 12.6 Å². The summed E-state index contributed by atoms with van der Waals surface area (Å²) in [6.45, 7) is -2.10. The van der Waals surface area contributed by atoms with Gasteiger partial charge < -0.3 is 29.0 Å². The molecule has 2 rings (SSSR count). The molecule has 0 aliphatic carbocycles. The van der Waals surface area contributed by atoms with E-state index in [0.717, 1.165) is 0 Å². The van der Waals surface area contributed by atoms with Crippen molar-refractivity contribution in [2.45, 2.75) is 19.6 Å². The third kappa shape index (κ3) is 6.21. The van der Waals surface area contributed by atoms with E-state index in [4.69, 9.17) is 18.9 Å². The predicted molar refractivity (Wildman–Crippen MR) is 106 cm³/mol. The highest BCUT2D eigenvalue weighted by molar-refractivity contribution is 5.95. The molecule has 1 atom stereocenters. The van der Waals surface area contributed by atoms with Crippen LogP contribution in [0.5, 0.6) is 23.0 Å². The lowest BCUT2D eigenvalue weighted by Crippen LogP contribution is -2.31. The van der Waals surface area contributed by atoms with Gasteiger partial charge in [-0.3, -0.25) is 4.79 Å². The van der Waals surface area contributed by atoms with Crippen LogP contribution >= 0.6 is 0 Å². The standard InChI is InChI=1S/C21H23F2NO7/c1-12(15-10-13(27-2)8-9-16(15)28-3)24-18(25)11-30-20(26)14-6-5-7-17(29-4)19(14)31-21(22)23/h5-10,12,21H,11H2,1-4H3,(H,24,25). The minimum absolute atomic E-state index is 0.0713. The molecule has 0 spiro atoms. The molecule has 0 aliphatic rings. The Kier molecular flexibility index (Phi) is 8.42. The number of alkyl halides is 2. The monoisotopic (exact) mass is 439 g/mol. The maximum absolute atomic E-state index is 12.7. The number of ether oxygens (including phenoxy) is 5. The molecule has 2 aromatic carbocycles. The number of methoxy groups -OCH3 is 3. The molecule has 0 aromatic heterocycles. The molecular formula is C21H23F2NO7. The fourth-order valence-corrected chi connectivity index (χ4v) is 2.80. The summed E-state index contributed by atoms with van der Waals surface area (Å²) in [4.78, 5) is 24.6. The van der Waals surface area contributed by atoms with Crippen molar-refractivity contribution in [1.29, 1.82) is 0 Å². The van der Waals surface area contributed by atoms with E-state index in [1.54, 1.807) is 25.1 Å². The summed E-state index contributed by atoms with van der Waals surface area (Å²) < 4.78 is 50.2. The number of hydrogen-bond acceptors (Lipinski definition) is 7. The molecule has 8 nitrogen and oxygen atoms in total. The van der Waals surface area contributed by atoms with Crippen LogP contribution in [0.3, 0.4) is 0 Å². The number of esters is 1. The largest absolute Gasteiger partial charge is 0.497 e. The van der Waals surface area contributed by atoms with Crippen molar-refractivity contribution in [3.63, 3.8) is 0 Å². The summed E-state index contributed by atoms with van der Waals surface area (Å²) in [5.41, 5.74) is 0.358. The molecule has 1 amide bonds. The number of amides is 1. The fraction of sp³-hybridized carbons (Fsp3) is 0.333. The van der Waals surface area contributed by atoms with Gasteiger partial charge in [-0.25, -0.2) is 4.79 Å². The number of hydrogen-bond donors (Lipinski definition) is 1. The molecule has 1 unspecified atom stereocenters. The Labute approximate surface area is 178 Å². The molecule has 168 valence electrons. The van der Waals surface area contributed by atoms with Crippen molar-refractivity contribution in [3.8, 4) is 23.0 Å². The smallest absolute Gasteiger partial charge is 0.387 e. The molecule has 2 aromatic rings. The van der Waals surface area contributed by atoms with Crippen molar-refractivity contribution < 1.29 is 42.1 Å². The van der Waals surface area contributed by atoms with Crippen LogP contribution < -0.4 is 24.3 Å². The summed E-state index contributed by atoms with van der Waals surface area (Å²) in [5, 5.41) is 2.67. The molecule has 31 heavy (non-hydrogen) atoms. The van der Waals surface area contributed by atoms with Crippen LogP contribution in [0.4, 0.5) is 8.78 Å². The number of benzene rings is 2. The average Bonchev–Trinajstić information content (AvgIpc) is 2.76. The second-order valence-electron chi connectivity index (χ2n) is 6.19. The van der Waals surface area contributed by atoms with E-state index < -0.39 is 36.9 Å². The third-order valence-electron chi connectivity index (χ3n) is 4.24. The molecular weight excluding hydrogens is 416 g/mol. The lowest BCUT2D eigenvalue weighted by molar-refractivity contribution is -0.124. The van der Waals surface area contributed by atoms with Gasteiger partial charge in [0.05, 0.1) is 27.4 Å². The summed E-state index contributed by atoms with van der Waals surface area (Å²) in [5.74, 6) is -1.05. The van der Waals surface area contributed by atoms with Crippen molar-refractivity contribution in [2.24, 2.45) is 0 Å². The van der Waals surface area contributed by atoms with Crippen molar-refractivity contribution in [3.05, 3.63) is 47.5 Å². The van der Waals surface area contributed by atoms with Crippen molar-refractivity contribution in [2.75, 3.05) is 27.9 Å². The Morgan fingerprint density at radius 3 is 2.32 bits per heavy atom. The summed E-state index contributed by atoms with van der Waals surface area (Å²) in [6.07, 6.45) is 0.